The van der Waals surface area contributed by atoms with Crippen LogP contribution >= 0.6 is 7.60 Å². The lowest BCUT2D eigenvalue weighted by Gasteiger charge is -2.31. The van der Waals surface area contributed by atoms with Crippen LogP contribution in [-0.4, -0.2) is 59.5 Å². The Bertz CT molecular complexity index is 796. The van der Waals surface area contributed by atoms with Crippen LogP contribution in [0, 0.1) is 6.92 Å². The number of hydrogen-bond acceptors (Lipinski definition) is 9. The Kier molecular flexibility index (Phi) is 6.18. The zero-order chi connectivity index (χ0) is 20.7. The van der Waals surface area contributed by atoms with E-state index < -0.39 is 49.3 Å². The first kappa shape index (κ1) is 22.0. The van der Waals surface area contributed by atoms with Gasteiger partial charge in [-0.05, 0) is 27.7 Å². The van der Waals surface area contributed by atoms with Crippen molar-refractivity contribution < 1.29 is 34.0 Å². The molecule has 1 saturated heterocycles. The van der Waals surface area contributed by atoms with Gasteiger partial charge < -0.3 is 35.2 Å². The summed E-state index contributed by atoms with van der Waals surface area (Å²) in [5.74, 6) is -1.54. The number of rotatable bonds is 6. The quantitative estimate of drug-likeness (QED) is 0.385. The molecule has 0 aliphatic carbocycles. The Morgan fingerprint density at radius 3 is 2.59 bits per heavy atom. The Hall–Kier alpha value is -1.33. The number of aryl methyl sites for hydroxylation is 1. The normalized spacial score (nSPS) is 29.5. The molecule has 1 aliphatic heterocycles. The Balaban J connectivity index is 2.21. The molecular weight excluding hydrogens is 381 g/mol. The molecule has 0 spiro atoms. The summed E-state index contributed by atoms with van der Waals surface area (Å²) >= 11 is 0. The van der Waals surface area contributed by atoms with Crippen LogP contribution in [0.4, 0.5) is 5.82 Å². The van der Waals surface area contributed by atoms with E-state index in [0.29, 0.717) is 5.56 Å². The minimum absolute atomic E-state index is 0.0483. The van der Waals surface area contributed by atoms with Crippen LogP contribution in [0.3, 0.4) is 0 Å². The van der Waals surface area contributed by atoms with E-state index >= 15 is 0 Å². The van der Waals surface area contributed by atoms with Crippen LogP contribution in [0.2, 0.25) is 0 Å². The van der Waals surface area contributed by atoms with Crippen molar-refractivity contribution in [3.05, 3.63) is 22.2 Å². The zero-order valence-corrected chi connectivity index (χ0v) is 16.4. The number of nitrogen functional groups attached to an aromatic ring is 1. The van der Waals surface area contributed by atoms with Crippen LogP contribution in [0.15, 0.2) is 11.0 Å². The monoisotopic (exact) mass is 407 g/mol. The minimum Gasteiger partial charge on any atom is -0.388 e. The molecule has 0 aromatic carbocycles. The van der Waals surface area contributed by atoms with Crippen LogP contribution in [0.1, 0.15) is 39.0 Å². The molecule has 27 heavy (non-hydrogen) atoms. The van der Waals surface area contributed by atoms with Gasteiger partial charge in [-0.3, -0.25) is 9.13 Å². The summed E-state index contributed by atoms with van der Waals surface area (Å²) in [7, 11) is -4.29. The van der Waals surface area contributed by atoms with Gasteiger partial charge in [-0.25, -0.2) is 4.79 Å². The van der Waals surface area contributed by atoms with Crippen molar-refractivity contribution in [3.8, 4) is 0 Å². The molecule has 0 saturated carbocycles. The highest BCUT2D eigenvalue weighted by Gasteiger charge is 2.47. The molecule has 1 aliphatic rings. The topological polar surface area (TPSA) is 177 Å². The Morgan fingerprint density at radius 2 is 2.04 bits per heavy atom. The number of aliphatic hydroxyl groups is 3. The maximum absolute atomic E-state index is 12.1. The highest BCUT2D eigenvalue weighted by molar-refractivity contribution is 7.53. The number of aliphatic hydroxyl groups excluding tert-OH is 3. The molecule has 11 nitrogen and oxygen atoms in total. The molecular formula is C15H26N3O8P. The second-order valence-corrected chi connectivity index (χ2v) is 9.35. The van der Waals surface area contributed by atoms with E-state index in [1.54, 1.807) is 6.92 Å². The molecule has 1 aromatic heterocycles. The van der Waals surface area contributed by atoms with E-state index in [2.05, 4.69) is 4.98 Å². The van der Waals surface area contributed by atoms with Gasteiger partial charge in [-0.2, -0.15) is 4.98 Å². The number of anilines is 1. The summed E-state index contributed by atoms with van der Waals surface area (Å²) in [5, 5.41) is 30.0. The average molecular weight is 407 g/mol. The SMILES string of the molecule is Cc1cn([C@@H]2O[C@H](CC(C)(C)OP(=O)(O)C(C)O)[C@@H](O)[C@H]2O)c(=O)nc1N. The molecule has 6 atom stereocenters. The Labute approximate surface area is 155 Å². The van der Waals surface area contributed by atoms with Crippen molar-refractivity contribution >= 4 is 13.4 Å². The fourth-order valence-electron chi connectivity index (χ4n) is 2.84. The molecule has 2 heterocycles. The largest absolute Gasteiger partial charge is 0.388 e. The van der Waals surface area contributed by atoms with E-state index in [0.717, 1.165) is 11.5 Å². The van der Waals surface area contributed by atoms with E-state index in [1.165, 1.54) is 20.0 Å². The van der Waals surface area contributed by atoms with Crippen molar-refractivity contribution in [2.45, 2.75) is 70.1 Å². The highest BCUT2D eigenvalue weighted by Crippen LogP contribution is 2.51. The first-order valence-electron chi connectivity index (χ1n) is 8.33. The number of nitrogens with zero attached hydrogens (tertiary/aromatic N) is 2. The number of aromatic nitrogens is 2. The average Bonchev–Trinajstić information content (AvgIpc) is 2.77. The third-order valence-electron chi connectivity index (χ3n) is 4.33. The van der Waals surface area contributed by atoms with Crippen LogP contribution in [0.5, 0.6) is 0 Å². The van der Waals surface area contributed by atoms with Crippen LogP contribution in [0.25, 0.3) is 0 Å². The van der Waals surface area contributed by atoms with E-state index in [-0.39, 0.29) is 12.2 Å². The predicted octanol–water partition coefficient (Wildman–Crippen LogP) is -0.538. The standard InChI is InChI=1S/C15H26N3O8P/c1-7-6-18(14(22)17-12(7)16)13-11(21)10(20)9(25-13)5-15(3,4)26-27(23,24)8(2)19/h6,8-11,13,19-21H,5H2,1-4H3,(H,23,24)(H2,16,17,22)/t8?,9-,10-,11-,13-/m1/s1. The molecule has 1 aromatic rings. The minimum atomic E-state index is -4.29. The lowest BCUT2D eigenvalue weighted by Crippen LogP contribution is -2.38. The van der Waals surface area contributed by atoms with Gasteiger partial charge in [-0.15, -0.1) is 0 Å². The molecule has 12 heteroatoms. The smallest absolute Gasteiger partial charge is 0.356 e. The summed E-state index contributed by atoms with van der Waals surface area (Å²) < 4.78 is 23.7. The molecule has 2 unspecified atom stereocenters. The predicted molar refractivity (Wildman–Crippen MR) is 94.9 cm³/mol. The van der Waals surface area contributed by atoms with Crippen molar-refractivity contribution in [3.63, 3.8) is 0 Å². The lowest BCUT2D eigenvalue weighted by atomic mass is 9.97. The first-order valence-corrected chi connectivity index (χ1v) is 9.98. The highest BCUT2D eigenvalue weighted by atomic mass is 31.2. The maximum Gasteiger partial charge on any atom is 0.356 e. The fraction of sp³-hybridized carbons (Fsp3) is 0.733. The van der Waals surface area contributed by atoms with E-state index in [1.807, 2.05) is 0 Å². The Morgan fingerprint density at radius 1 is 1.44 bits per heavy atom. The van der Waals surface area contributed by atoms with Crippen molar-refractivity contribution in [1.82, 2.24) is 9.55 Å². The maximum atomic E-state index is 12.1. The molecule has 2 rings (SSSR count). The van der Waals surface area contributed by atoms with Crippen molar-refractivity contribution in [1.29, 1.82) is 0 Å². The molecule has 154 valence electrons. The molecule has 1 fully saturated rings. The van der Waals surface area contributed by atoms with Gasteiger partial charge in [0, 0.05) is 18.2 Å². The summed E-state index contributed by atoms with van der Waals surface area (Å²) in [6.07, 6.45) is -3.75. The number of ether oxygens (including phenoxy) is 1. The third kappa shape index (κ3) is 4.75. The van der Waals surface area contributed by atoms with Crippen LogP contribution < -0.4 is 11.4 Å². The van der Waals surface area contributed by atoms with Gasteiger partial charge in [0.1, 0.15) is 18.0 Å². The van der Waals surface area contributed by atoms with Gasteiger partial charge in [0.15, 0.2) is 12.1 Å². The van der Waals surface area contributed by atoms with Gasteiger partial charge in [-0.1, -0.05) is 0 Å². The number of nitrogens with two attached hydrogens (primary N) is 1. The second-order valence-electron chi connectivity index (χ2n) is 7.30. The lowest BCUT2D eigenvalue weighted by molar-refractivity contribution is -0.0645. The molecule has 0 bridgehead atoms. The van der Waals surface area contributed by atoms with Gasteiger partial charge >= 0.3 is 13.3 Å². The van der Waals surface area contributed by atoms with Gasteiger partial charge in [0.25, 0.3) is 0 Å². The molecule has 6 N–H and O–H groups in total. The van der Waals surface area contributed by atoms with E-state index in [9.17, 15) is 29.6 Å². The van der Waals surface area contributed by atoms with Gasteiger partial charge in [0.05, 0.1) is 11.7 Å². The zero-order valence-electron chi connectivity index (χ0n) is 15.5. The summed E-state index contributed by atoms with van der Waals surface area (Å²) in [6.45, 7) is 5.71. The summed E-state index contributed by atoms with van der Waals surface area (Å²) in [6, 6.07) is 0. The number of hydrogen-bond donors (Lipinski definition) is 5. The van der Waals surface area contributed by atoms with E-state index in [4.69, 9.17) is 15.0 Å². The van der Waals surface area contributed by atoms with Crippen LogP contribution in [-0.2, 0) is 13.8 Å². The first-order chi connectivity index (χ1) is 12.2. The molecule has 0 amide bonds. The van der Waals surface area contributed by atoms with Crippen molar-refractivity contribution in [2.75, 3.05) is 5.73 Å². The van der Waals surface area contributed by atoms with Crippen molar-refractivity contribution in [2.24, 2.45) is 0 Å². The fourth-order valence-corrected chi connectivity index (χ4v) is 3.78. The molecule has 0 radical (unpaired) electrons. The summed E-state index contributed by atoms with van der Waals surface area (Å²) in [4.78, 5) is 25.4. The van der Waals surface area contributed by atoms with Gasteiger partial charge in [0.2, 0.25) is 0 Å². The third-order valence-corrected chi connectivity index (χ3v) is 6.03. The second kappa shape index (κ2) is 7.59. The summed E-state index contributed by atoms with van der Waals surface area (Å²) in [5.41, 5.74) is 4.04.